The molecule has 0 aromatic carbocycles. The van der Waals surface area contributed by atoms with Crippen molar-refractivity contribution in [2.45, 2.75) is 50.8 Å². The van der Waals surface area contributed by atoms with Crippen LogP contribution in [0.3, 0.4) is 0 Å². The largest absolute Gasteiger partial charge is 0.480 e. The molecule has 0 saturated heterocycles. The van der Waals surface area contributed by atoms with E-state index in [0.717, 1.165) is 12.8 Å². The summed E-state index contributed by atoms with van der Waals surface area (Å²) < 4.78 is 0. The van der Waals surface area contributed by atoms with E-state index in [-0.39, 0.29) is 11.2 Å². The number of nitrogens with one attached hydrogen (secondary N) is 1. The number of aliphatic carboxylic acids is 1. The van der Waals surface area contributed by atoms with Crippen molar-refractivity contribution in [3.8, 4) is 0 Å². The van der Waals surface area contributed by atoms with Crippen LogP contribution in [0.2, 0.25) is 0 Å². The maximum atomic E-state index is 11.5. The van der Waals surface area contributed by atoms with Crippen molar-refractivity contribution in [1.82, 2.24) is 5.32 Å². The SMILES string of the molecule is CCCCC(NC(=O)CC(C)SC)C(=O)O. The summed E-state index contributed by atoms with van der Waals surface area (Å²) >= 11 is 1.60. The molecule has 0 aromatic rings. The molecule has 5 heteroatoms. The van der Waals surface area contributed by atoms with E-state index in [4.69, 9.17) is 5.11 Å². The lowest BCUT2D eigenvalue weighted by molar-refractivity contribution is -0.142. The molecule has 2 unspecified atom stereocenters. The van der Waals surface area contributed by atoms with Gasteiger partial charge in [0.1, 0.15) is 6.04 Å². The predicted octanol–water partition coefficient (Wildman–Crippen LogP) is 1.89. The molecule has 0 aliphatic rings. The number of carbonyl (C=O) groups is 2. The molecule has 4 nitrogen and oxygen atoms in total. The second-order valence-corrected chi connectivity index (χ2v) is 5.13. The topological polar surface area (TPSA) is 66.4 Å². The molecule has 0 aliphatic carbocycles. The summed E-state index contributed by atoms with van der Waals surface area (Å²) in [6, 6.07) is -0.735. The maximum absolute atomic E-state index is 11.5. The number of carboxylic acids is 1. The van der Waals surface area contributed by atoms with Gasteiger partial charge in [0.05, 0.1) is 0 Å². The first-order valence-corrected chi connectivity index (χ1v) is 6.85. The van der Waals surface area contributed by atoms with Crippen LogP contribution in [0.1, 0.15) is 39.5 Å². The highest BCUT2D eigenvalue weighted by atomic mass is 32.2. The number of carbonyl (C=O) groups excluding carboxylic acids is 1. The quantitative estimate of drug-likeness (QED) is 0.687. The van der Waals surface area contributed by atoms with Gasteiger partial charge in [0, 0.05) is 11.7 Å². The van der Waals surface area contributed by atoms with Gasteiger partial charge < -0.3 is 10.4 Å². The zero-order valence-electron chi connectivity index (χ0n) is 10.2. The number of unbranched alkanes of at least 4 members (excludes halogenated alkanes) is 1. The molecule has 0 aromatic heterocycles. The fourth-order valence-corrected chi connectivity index (χ4v) is 1.58. The van der Waals surface area contributed by atoms with E-state index in [0.29, 0.717) is 12.8 Å². The van der Waals surface area contributed by atoms with Crippen molar-refractivity contribution >= 4 is 23.6 Å². The van der Waals surface area contributed by atoms with Crippen LogP contribution in [0.15, 0.2) is 0 Å². The summed E-state index contributed by atoms with van der Waals surface area (Å²) in [5.74, 6) is -1.12. The summed E-state index contributed by atoms with van der Waals surface area (Å²) in [6.45, 7) is 3.95. The fraction of sp³-hybridized carbons (Fsp3) is 0.818. The number of carboxylic acid groups (broad SMARTS) is 1. The van der Waals surface area contributed by atoms with Crippen LogP contribution in [-0.2, 0) is 9.59 Å². The molecule has 1 amide bonds. The average molecular weight is 247 g/mol. The van der Waals surface area contributed by atoms with E-state index < -0.39 is 12.0 Å². The third kappa shape index (κ3) is 6.71. The van der Waals surface area contributed by atoms with Gasteiger partial charge in [0.2, 0.25) is 5.91 Å². The first-order chi connectivity index (χ1) is 7.51. The van der Waals surface area contributed by atoms with Gasteiger partial charge in [-0.05, 0) is 12.7 Å². The first-order valence-electron chi connectivity index (χ1n) is 5.56. The van der Waals surface area contributed by atoms with E-state index in [1.807, 2.05) is 20.1 Å². The third-order valence-corrected chi connectivity index (χ3v) is 3.33. The molecular weight excluding hydrogens is 226 g/mol. The molecule has 16 heavy (non-hydrogen) atoms. The predicted molar refractivity (Wildman–Crippen MR) is 66.7 cm³/mol. The lowest BCUT2D eigenvalue weighted by atomic mass is 10.1. The second-order valence-electron chi connectivity index (χ2n) is 3.85. The minimum atomic E-state index is -0.946. The van der Waals surface area contributed by atoms with Gasteiger partial charge in [-0.25, -0.2) is 4.79 Å². The lowest BCUT2D eigenvalue weighted by Crippen LogP contribution is -2.41. The zero-order chi connectivity index (χ0) is 12.6. The van der Waals surface area contributed by atoms with Crippen LogP contribution in [0, 0.1) is 0 Å². The number of hydrogen-bond donors (Lipinski definition) is 2. The number of amides is 1. The average Bonchev–Trinajstić information content (AvgIpc) is 2.23. The van der Waals surface area contributed by atoms with E-state index in [1.54, 1.807) is 11.8 Å². The van der Waals surface area contributed by atoms with Crippen LogP contribution in [0.5, 0.6) is 0 Å². The van der Waals surface area contributed by atoms with Crippen LogP contribution in [0.4, 0.5) is 0 Å². The molecule has 0 aliphatic heterocycles. The fourth-order valence-electron chi connectivity index (χ4n) is 1.26. The number of thioether (sulfide) groups is 1. The molecule has 0 heterocycles. The Labute approximate surface area is 101 Å². The smallest absolute Gasteiger partial charge is 0.326 e. The highest BCUT2D eigenvalue weighted by Crippen LogP contribution is 2.09. The maximum Gasteiger partial charge on any atom is 0.326 e. The van der Waals surface area contributed by atoms with E-state index >= 15 is 0 Å². The molecular formula is C11H21NO3S. The molecule has 0 spiro atoms. The molecule has 2 N–H and O–H groups in total. The van der Waals surface area contributed by atoms with Crippen molar-refractivity contribution < 1.29 is 14.7 Å². The Bertz CT molecular complexity index is 233. The van der Waals surface area contributed by atoms with Gasteiger partial charge in [-0.3, -0.25) is 4.79 Å². The van der Waals surface area contributed by atoms with Gasteiger partial charge >= 0.3 is 5.97 Å². The summed E-state index contributed by atoms with van der Waals surface area (Å²) in [6.07, 6.45) is 4.56. The van der Waals surface area contributed by atoms with Crippen molar-refractivity contribution in [1.29, 1.82) is 0 Å². The van der Waals surface area contributed by atoms with Crippen LogP contribution in [0.25, 0.3) is 0 Å². The molecule has 0 radical (unpaired) electrons. The normalized spacial score (nSPS) is 14.2. The van der Waals surface area contributed by atoms with Gasteiger partial charge in [0.15, 0.2) is 0 Å². The van der Waals surface area contributed by atoms with Gasteiger partial charge in [-0.1, -0.05) is 26.7 Å². The van der Waals surface area contributed by atoms with E-state index in [1.165, 1.54) is 0 Å². The minimum Gasteiger partial charge on any atom is -0.480 e. The Morgan fingerprint density at radius 1 is 1.44 bits per heavy atom. The van der Waals surface area contributed by atoms with Crippen molar-refractivity contribution in [3.63, 3.8) is 0 Å². The van der Waals surface area contributed by atoms with Crippen molar-refractivity contribution in [3.05, 3.63) is 0 Å². The molecule has 0 saturated carbocycles. The van der Waals surface area contributed by atoms with E-state index in [2.05, 4.69) is 5.32 Å². The van der Waals surface area contributed by atoms with Gasteiger partial charge in [-0.2, -0.15) is 11.8 Å². The molecule has 94 valence electrons. The standard InChI is InChI=1S/C11H21NO3S/c1-4-5-6-9(11(14)15)12-10(13)7-8(2)16-3/h8-9H,4-7H2,1-3H3,(H,12,13)(H,14,15). The lowest BCUT2D eigenvalue weighted by Gasteiger charge is -2.15. The van der Waals surface area contributed by atoms with Crippen LogP contribution >= 0.6 is 11.8 Å². The van der Waals surface area contributed by atoms with Crippen molar-refractivity contribution in [2.24, 2.45) is 0 Å². The second kappa shape index (κ2) is 8.44. The molecule has 2 atom stereocenters. The van der Waals surface area contributed by atoms with Gasteiger partial charge in [0.25, 0.3) is 0 Å². The highest BCUT2D eigenvalue weighted by molar-refractivity contribution is 7.99. The zero-order valence-corrected chi connectivity index (χ0v) is 11.0. The van der Waals surface area contributed by atoms with E-state index in [9.17, 15) is 9.59 Å². The minimum absolute atomic E-state index is 0.176. The Morgan fingerprint density at radius 2 is 2.06 bits per heavy atom. The first kappa shape index (κ1) is 15.3. The Morgan fingerprint density at radius 3 is 2.50 bits per heavy atom. The monoisotopic (exact) mass is 247 g/mol. The summed E-state index contributed by atoms with van der Waals surface area (Å²) in [7, 11) is 0. The Kier molecular flexibility index (Phi) is 8.07. The summed E-state index contributed by atoms with van der Waals surface area (Å²) in [4.78, 5) is 22.4. The van der Waals surface area contributed by atoms with Crippen molar-refractivity contribution in [2.75, 3.05) is 6.26 Å². The molecule has 0 bridgehead atoms. The third-order valence-electron chi connectivity index (χ3n) is 2.35. The summed E-state index contributed by atoms with van der Waals surface area (Å²) in [5.41, 5.74) is 0. The van der Waals surface area contributed by atoms with Gasteiger partial charge in [-0.15, -0.1) is 0 Å². The molecule has 0 rings (SSSR count). The Balaban J connectivity index is 4.07. The van der Waals surface area contributed by atoms with Crippen LogP contribution in [-0.4, -0.2) is 34.5 Å². The number of hydrogen-bond acceptors (Lipinski definition) is 3. The molecule has 0 fully saturated rings. The van der Waals surface area contributed by atoms with Crippen LogP contribution < -0.4 is 5.32 Å². The Hall–Kier alpha value is -0.710. The number of rotatable bonds is 8. The summed E-state index contributed by atoms with van der Waals surface area (Å²) in [5, 5.41) is 11.7. The highest BCUT2D eigenvalue weighted by Gasteiger charge is 2.19.